The molecule has 2 heteroatoms. The van der Waals surface area contributed by atoms with Crippen LogP contribution in [0.2, 0.25) is 0 Å². The van der Waals surface area contributed by atoms with E-state index in [1.807, 2.05) is 0 Å². The number of nitrogens with one attached hydrogen (secondary N) is 1. The number of likely N-dealkylation sites (tertiary alicyclic amines) is 1. The number of hydrogen-bond acceptors (Lipinski definition) is 2. The molecule has 0 unspecified atom stereocenters. The average Bonchev–Trinajstić information content (AvgIpc) is 2.42. The normalized spacial score (nSPS) is 22.4. The van der Waals surface area contributed by atoms with Crippen LogP contribution < -0.4 is 5.32 Å². The van der Waals surface area contributed by atoms with Crippen molar-refractivity contribution >= 4 is 0 Å². The highest BCUT2D eigenvalue weighted by Crippen LogP contribution is 2.23. The highest BCUT2D eigenvalue weighted by Gasteiger charge is 2.17. The quantitative estimate of drug-likeness (QED) is 0.827. The lowest BCUT2D eigenvalue weighted by atomic mass is 9.89. The van der Waals surface area contributed by atoms with Crippen molar-refractivity contribution in [3.05, 3.63) is 0 Å². The molecule has 2 rings (SSSR count). The molecule has 0 amide bonds. The first-order valence-corrected chi connectivity index (χ1v) is 9.36. The molecule has 1 N–H and O–H groups in total. The lowest BCUT2D eigenvalue weighted by Crippen LogP contribution is -2.30. The Balaban J connectivity index is 0.000000211. The standard InChI is InChI=1S/C10H21N.C9H19N/c1-9(2)8-10-4-6-11(3)7-5-10;1-8(2)7-9-3-5-10-6-4-9/h9-10H,4-8H2,1-3H3;8-10H,3-7H2,1-2H3. The molecule has 0 radical (unpaired) electrons. The summed E-state index contributed by atoms with van der Waals surface area (Å²) in [6, 6.07) is 0. The minimum absolute atomic E-state index is 0.892. The van der Waals surface area contributed by atoms with Crippen molar-refractivity contribution in [2.45, 2.75) is 66.2 Å². The van der Waals surface area contributed by atoms with Crippen molar-refractivity contribution in [3.8, 4) is 0 Å². The van der Waals surface area contributed by atoms with Gasteiger partial charge in [0.05, 0.1) is 0 Å². The van der Waals surface area contributed by atoms with E-state index in [9.17, 15) is 0 Å². The minimum atomic E-state index is 0.892. The van der Waals surface area contributed by atoms with Crippen LogP contribution in [0.15, 0.2) is 0 Å². The maximum Gasteiger partial charge on any atom is -0.00191 e. The molecule has 2 heterocycles. The summed E-state index contributed by atoms with van der Waals surface area (Å²) >= 11 is 0. The molecular formula is C19H40N2. The average molecular weight is 297 g/mol. The van der Waals surface area contributed by atoms with E-state index in [2.05, 4.69) is 45.0 Å². The minimum Gasteiger partial charge on any atom is -0.317 e. The van der Waals surface area contributed by atoms with Gasteiger partial charge in [-0.3, -0.25) is 0 Å². The zero-order valence-electron chi connectivity index (χ0n) is 15.3. The van der Waals surface area contributed by atoms with Crippen LogP contribution in [0.4, 0.5) is 0 Å². The van der Waals surface area contributed by atoms with E-state index in [0.29, 0.717) is 0 Å². The Bertz CT molecular complexity index is 236. The van der Waals surface area contributed by atoms with Crippen LogP contribution >= 0.6 is 0 Å². The number of hydrogen-bond donors (Lipinski definition) is 1. The molecule has 2 fully saturated rings. The van der Waals surface area contributed by atoms with Crippen molar-refractivity contribution < 1.29 is 0 Å². The fourth-order valence-corrected chi connectivity index (χ4v) is 3.75. The maximum absolute atomic E-state index is 3.39. The molecule has 2 aliphatic rings. The largest absolute Gasteiger partial charge is 0.317 e. The van der Waals surface area contributed by atoms with Gasteiger partial charge in [0.2, 0.25) is 0 Å². The second-order valence-corrected chi connectivity index (χ2v) is 8.20. The molecule has 0 aromatic rings. The molecule has 2 aliphatic heterocycles. The van der Waals surface area contributed by atoms with E-state index in [1.54, 1.807) is 0 Å². The van der Waals surface area contributed by atoms with Gasteiger partial charge >= 0.3 is 0 Å². The van der Waals surface area contributed by atoms with Crippen LogP contribution in [0.1, 0.15) is 66.2 Å². The summed E-state index contributed by atoms with van der Waals surface area (Å²) in [5.74, 6) is 3.82. The van der Waals surface area contributed by atoms with Gasteiger partial charge in [-0.05, 0) is 95.4 Å². The molecule has 2 saturated heterocycles. The summed E-state index contributed by atoms with van der Waals surface area (Å²) in [4.78, 5) is 2.44. The Morgan fingerprint density at radius 2 is 1.24 bits per heavy atom. The third-order valence-electron chi connectivity index (χ3n) is 4.91. The van der Waals surface area contributed by atoms with E-state index in [-0.39, 0.29) is 0 Å². The van der Waals surface area contributed by atoms with Gasteiger partial charge < -0.3 is 10.2 Å². The molecule has 0 aromatic heterocycles. The Labute approximate surface area is 134 Å². The first kappa shape index (κ1) is 19.0. The summed E-state index contributed by atoms with van der Waals surface area (Å²) in [7, 11) is 2.23. The summed E-state index contributed by atoms with van der Waals surface area (Å²) in [5.41, 5.74) is 0. The van der Waals surface area contributed by atoms with Crippen molar-refractivity contribution in [2.24, 2.45) is 23.7 Å². The van der Waals surface area contributed by atoms with Crippen LogP contribution in [0.5, 0.6) is 0 Å². The lowest BCUT2D eigenvalue weighted by Gasteiger charge is -2.29. The molecule has 126 valence electrons. The molecule has 0 spiro atoms. The first-order valence-electron chi connectivity index (χ1n) is 9.36. The highest BCUT2D eigenvalue weighted by atomic mass is 15.1. The summed E-state index contributed by atoms with van der Waals surface area (Å²) in [6.07, 6.45) is 8.52. The van der Waals surface area contributed by atoms with E-state index in [4.69, 9.17) is 0 Å². The smallest absolute Gasteiger partial charge is 0.00191 e. The van der Waals surface area contributed by atoms with E-state index < -0.39 is 0 Å². The zero-order valence-corrected chi connectivity index (χ0v) is 15.3. The van der Waals surface area contributed by atoms with Crippen molar-refractivity contribution in [1.82, 2.24) is 10.2 Å². The van der Waals surface area contributed by atoms with Crippen molar-refractivity contribution in [2.75, 3.05) is 33.2 Å². The second kappa shape index (κ2) is 10.6. The van der Waals surface area contributed by atoms with Gasteiger partial charge in [0.15, 0.2) is 0 Å². The van der Waals surface area contributed by atoms with Gasteiger partial charge in [-0.25, -0.2) is 0 Å². The molecule has 0 atom stereocenters. The van der Waals surface area contributed by atoms with Crippen LogP contribution in [0.3, 0.4) is 0 Å². The molecular weight excluding hydrogens is 256 g/mol. The predicted octanol–water partition coefficient (Wildman–Crippen LogP) is 4.41. The summed E-state index contributed by atoms with van der Waals surface area (Å²) in [5, 5.41) is 3.39. The maximum atomic E-state index is 3.39. The van der Waals surface area contributed by atoms with E-state index >= 15 is 0 Å². The Hall–Kier alpha value is -0.0800. The SMILES string of the molecule is CC(C)CC1CCN(C)CC1.CC(C)CC1CCNCC1. The molecule has 0 saturated carbocycles. The summed E-state index contributed by atoms with van der Waals surface area (Å²) in [6.45, 7) is 14.4. The Kier molecular flexibility index (Phi) is 9.59. The lowest BCUT2D eigenvalue weighted by molar-refractivity contribution is 0.201. The van der Waals surface area contributed by atoms with E-state index in [1.165, 1.54) is 64.7 Å². The van der Waals surface area contributed by atoms with Crippen molar-refractivity contribution in [3.63, 3.8) is 0 Å². The van der Waals surface area contributed by atoms with E-state index in [0.717, 1.165) is 23.7 Å². The first-order chi connectivity index (χ1) is 9.97. The van der Waals surface area contributed by atoms with Gasteiger partial charge in [0.1, 0.15) is 0 Å². The monoisotopic (exact) mass is 296 g/mol. The fraction of sp³-hybridized carbons (Fsp3) is 1.00. The van der Waals surface area contributed by atoms with Gasteiger partial charge in [0.25, 0.3) is 0 Å². The number of nitrogens with zero attached hydrogens (tertiary/aromatic N) is 1. The van der Waals surface area contributed by atoms with Gasteiger partial charge in [-0.2, -0.15) is 0 Å². The van der Waals surface area contributed by atoms with Crippen LogP contribution in [0.25, 0.3) is 0 Å². The molecule has 0 bridgehead atoms. The summed E-state index contributed by atoms with van der Waals surface area (Å²) < 4.78 is 0. The molecule has 21 heavy (non-hydrogen) atoms. The van der Waals surface area contributed by atoms with Gasteiger partial charge in [-0.1, -0.05) is 27.7 Å². The predicted molar refractivity (Wildman–Crippen MR) is 94.7 cm³/mol. The number of rotatable bonds is 4. The van der Waals surface area contributed by atoms with Crippen LogP contribution in [-0.4, -0.2) is 38.1 Å². The second-order valence-electron chi connectivity index (χ2n) is 8.20. The third kappa shape index (κ3) is 9.52. The molecule has 0 aliphatic carbocycles. The topological polar surface area (TPSA) is 15.3 Å². The van der Waals surface area contributed by atoms with Crippen molar-refractivity contribution in [1.29, 1.82) is 0 Å². The number of piperidine rings is 2. The van der Waals surface area contributed by atoms with Crippen LogP contribution in [-0.2, 0) is 0 Å². The zero-order chi connectivity index (χ0) is 15.7. The Morgan fingerprint density at radius 1 is 0.810 bits per heavy atom. The third-order valence-corrected chi connectivity index (χ3v) is 4.91. The fourth-order valence-electron chi connectivity index (χ4n) is 3.75. The Morgan fingerprint density at radius 3 is 1.67 bits per heavy atom. The molecule has 0 aromatic carbocycles. The van der Waals surface area contributed by atoms with Gasteiger partial charge in [-0.15, -0.1) is 0 Å². The highest BCUT2D eigenvalue weighted by molar-refractivity contribution is 4.71. The van der Waals surface area contributed by atoms with Crippen LogP contribution in [0, 0.1) is 23.7 Å². The van der Waals surface area contributed by atoms with Gasteiger partial charge in [0, 0.05) is 0 Å². The molecule has 2 nitrogen and oxygen atoms in total.